The Balaban J connectivity index is 0.00000225. The van der Waals surface area contributed by atoms with Crippen LogP contribution in [0.3, 0.4) is 0 Å². The van der Waals surface area contributed by atoms with E-state index in [4.69, 9.17) is 4.74 Å². The highest BCUT2D eigenvalue weighted by molar-refractivity contribution is 5.85. The van der Waals surface area contributed by atoms with E-state index in [0.717, 1.165) is 26.0 Å². The van der Waals surface area contributed by atoms with Crippen molar-refractivity contribution >= 4 is 24.3 Å². The molecule has 0 bridgehead atoms. The lowest BCUT2D eigenvalue weighted by Crippen LogP contribution is -2.55. The standard InChI is InChI=1S/C17H30N4O3.ClH/c22-16(12-15-13-24-11-6-18-15)20-7-9-21(10-8-20)17(23)19-14-4-2-1-3-5-14;/h14-15,18H,1-13H2,(H,19,23);1H. The predicted octanol–water partition coefficient (Wildman–Crippen LogP) is 0.973. The maximum absolute atomic E-state index is 12.4. The van der Waals surface area contributed by atoms with Crippen LogP contribution >= 0.6 is 12.4 Å². The van der Waals surface area contributed by atoms with E-state index in [1.165, 1.54) is 19.3 Å². The zero-order chi connectivity index (χ0) is 16.8. The second-order valence-corrected chi connectivity index (χ2v) is 7.08. The molecule has 0 spiro atoms. The molecule has 0 aromatic heterocycles. The predicted molar refractivity (Wildman–Crippen MR) is 98.0 cm³/mol. The SMILES string of the molecule is Cl.O=C(CC1COCCN1)N1CCN(C(=O)NC2CCCCC2)CC1. The molecule has 1 atom stereocenters. The van der Waals surface area contributed by atoms with Crippen molar-refractivity contribution in [3.8, 4) is 0 Å². The summed E-state index contributed by atoms with van der Waals surface area (Å²) < 4.78 is 5.40. The normalized spacial score (nSPS) is 25.2. The molecule has 3 amide bonds. The number of rotatable bonds is 3. The number of morpholine rings is 1. The number of ether oxygens (including phenoxy) is 1. The van der Waals surface area contributed by atoms with Gasteiger partial charge in [-0.05, 0) is 12.8 Å². The van der Waals surface area contributed by atoms with Gasteiger partial charge in [0.25, 0.3) is 0 Å². The Hall–Kier alpha value is -1.05. The van der Waals surface area contributed by atoms with Crippen LogP contribution < -0.4 is 10.6 Å². The van der Waals surface area contributed by atoms with Crippen molar-refractivity contribution in [1.82, 2.24) is 20.4 Å². The summed E-state index contributed by atoms with van der Waals surface area (Å²) in [6, 6.07) is 0.499. The highest BCUT2D eigenvalue weighted by Gasteiger charge is 2.27. The summed E-state index contributed by atoms with van der Waals surface area (Å²) in [6.07, 6.45) is 6.39. The van der Waals surface area contributed by atoms with Crippen molar-refractivity contribution in [2.75, 3.05) is 45.9 Å². The quantitative estimate of drug-likeness (QED) is 0.772. The molecular formula is C17H31ClN4O3. The van der Waals surface area contributed by atoms with Gasteiger partial charge in [-0.1, -0.05) is 19.3 Å². The fourth-order valence-corrected chi connectivity index (χ4v) is 3.76. The first kappa shape index (κ1) is 20.3. The third-order valence-electron chi connectivity index (χ3n) is 5.27. The van der Waals surface area contributed by atoms with E-state index in [1.807, 2.05) is 9.80 Å². The van der Waals surface area contributed by atoms with Crippen LogP contribution in [0.5, 0.6) is 0 Å². The molecule has 0 aromatic rings. The minimum atomic E-state index is 0. The third kappa shape index (κ3) is 6.01. The molecular weight excluding hydrogens is 344 g/mol. The zero-order valence-corrected chi connectivity index (χ0v) is 15.7. The van der Waals surface area contributed by atoms with Gasteiger partial charge in [-0.2, -0.15) is 0 Å². The summed E-state index contributed by atoms with van der Waals surface area (Å²) in [5, 5.41) is 6.47. The van der Waals surface area contributed by atoms with Crippen LogP contribution in [0.15, 0.2) is 0 Å². The number of carbonyl (C=O) groups excluding carboxylic acids is 2. The maximum Gasteiger partial charge on any atom is 0.317 e. The molecule has 1 saturated carbocycles. The molecule has 3 rings (SSSR count). The molecule has 2 saturated heterocycles. The molecule has 3 fully saturated rings. The third-order valence-corrected chi connectivity index (χ3v) is 5.27. The largest absolute Gasteiger partial charge is 0.378 e. The zero-order valence-electron chi connectivity index (χ0n) is 14.9. The van der Waals surface area contributed by atoms with Gasteiger partial charge in [-0.15, -0.1) is 12.4 Å². The van der Waals surface area contributed by atoms with E-state index in [0.29, 0.717) is 45.2 Å². The van der Waals surface area contributed by atoms with Crippen LogP contribution in [0.4, 0.5) is 4.79 Å². The Morgan fingerprint density at radius 1 is 1.04 bits per heavy atom. The Morgan fingerprint density at radius 2 is 1.72 bits per heavy atom. The molecule has 8 heteroatoms. The smallest absolute Gasteiger partial charge is 0.317 e. The van der Waals surface area contributed by atoms with E-state index in [2.05, 4.69) is 10.6 Å². The highest BCUT2D eigenvalue weighted by atomic mass is 35.5. The van der Waals surface area contributed by atoms with Crippen molar-refractivity contribution in [3.05, 3.63) is 0 Å². The number of carbonyl (C=O) groups is 2. The number of halogens is 1. The molecule has 0 aromatic carbocycles. The van der Waals surface area contributed by atoms with Gasteiger partial charge in [-0.3, -0.25) is 4.79 Å². The molecule has 144 valence electrons. The van der Waals surface area contributed by atoms with E-state index in [1.54, 1.807) is 0 Å². The van der Waals surface area contributed by atoms with Gasteiger partial charge in [-0.25, -0.2) is 4.79 Å². The van der Waals surface area contributed by atoms with E-state index in [-0.39, 0.29) is 30.4 Å². The number of nitrogens with zero attached hydrogens (tertiary/aromatic N) is 2. The van der Waals surface area contributed by atoms with Crippen molar-refractivity contribution < 1.29 is 14.3 Å². The minimum Gasteiger partial charge on any atom is -0.378 e. The first-order valence-corrected chi connectivity index (χ1v) is 9.37. The number of hydrogen-bond acceptors (Lipinski definition) is 4. The monoisotopic (exact) mass is 374 g/mol. The van der Waals surface area contributed by atoms with Crippen LogP contribution in [0.25, 0.3) is 0 Å². The van der Waals surface area contributed by atoms with Crippen LogP contribution in [-0.4, -0.2) is 79.8 Å². The van der Waals surface area contributed by atoms with E-state index in [9.17, 15) is 9.59 Å². The fraction of sp³-hybridized carbons (Fsp3) is 0.882. The van der Waals surface area contributed by atoms with Gasteiger partial charge in [0.1, 0.15) is 0 Å². The molecule has 25 heavy (non-hydrogen) atoms. The summed E-state index contributed by atoms with van der Waals surface area (Å²) in [6.45, 7) is 4.65. The lowest BCUT2D eigenvalue weighted by Gasteiger charge is -2.36. The van der Waals surface area contributed by atoms with Gasteiger partial charge in [0.15, 0.2) is 0 Å². The van der Waals surface area contributed by atoms with Crippen molar-refractivity contribution in [2.45, 2.75) is 50.6 Å². The van der Waals surface area contributed by atoms with Crippen molar-refractivity contribution in [1.29, 1.82) is 0 Å². The van der Waals surface area contributed by atoms with Gasteiger partial charge in [0.2, 0.25) is 5.91 Å². The molecule has 2 aliphatic heterocycles. The van der Waals surface area contributed by atoms with Crippen LogP contribution in [0.1, 0.15) is 38.5 Å². The lowest BCUT2D eigenvalue weighted by atomic mass is 9.96. The summed E-state index contributed by atoms with van der Waals surface area (Å²) in [4.78, 5) is 28.4. The Bertz CT molecular complexity index is 392. The summed E-state index contributed by atoms with van der Waals surface area (Å²) in [5.41, 5.74) is 0. The van der Waals surface area contributed by atoms with E-state index >= 15 is 0 Å². The number of hydrogen-bond donors (Lipinski definition) is 2. The maximum atomic E-state index is 12.4. The van der Waals surface area contributed by atoms with Crippen LogP contribution in [0, 0.1) is 0 Å². The van der Waals surface area contributed by atoms with Gasteiger partial charge >= 0.3 is 6.03 Å². The van der Waals surface area contributed by atoms with Gasteiger partial charge in [0, 0.05) is 51.2 Å². The first-order chi connectivity index (χ1) is 11.7. The molecule has 3 aliphatic rings. The molecule has 1 aliphatic carbocycles. The van der Waals surface area contributed by atoms with Gasteiger partial charge < -0.3 is 25.2 Å². The molecule has 1 unspecified atom stereocenters. The summed E-state index contributed by atoms with van der Waals surface area (Å²) in [7, 11) is 0. The van der Waals surface area contributed by atoms with Crippen molar-refractivity contribution in [2.24, 2.45) is 0 Å². The molecule has 2 heterocycles. The van der Waals surface area contributed by atoms with E-state index < -0.39 is 0 Å². The van der Waals surface area contributed by atoms with Gasteiger partial charge in [0.05, 0.1) is 13.2 Å². The number of nitrogens with one attached hydrogen (secondary N) is 2. The van der Waals surface area contributed by atoms with Crippen molar-refractivity contribution in [3.63, 3.8) is 0 Å². The lowest BCUT2D eigenvalue weighted by molar-refractivity contribution is -0.133. The second kappa shape index (κ2) is 10.2. The molecule has 2 N–H and O–H groups in total. The second-order valence-electron chi connectivity index (χ2n) is 7.08. The Labute approximate surface area is 156 Å². The highest BCUT2D eigenvalue weighted by Crippen LogP contribution is 2.18. The fourth-order valence-electron chi connectivity index (χ4n) is 3.76. The van der Waals surface area contributed by atoms with Crippen LogP contribution in [0.2, 0.25) is 0 Å². The number of piperazine rings is 1. The van der Waals surface area contributed by atoms with Crippen LogP contribution in [-0.2, 0) is 9.53 Å². The molecule has 0 radical (unpaired) electrons. The Morgan fingerprint density at radius 3 is 2.36 bits per heavy atom. The summed E-state index contributed by atoms with van der Waals surface area (Å²) >= 11 is 0. The summed E-state index contributed by atoms with van der Waals surface area (Å²) in [5.74, 6) is 0.158. The minimum absolute atomic E-state index is 0. The topological polar surface area (TPSA) is 73.9 Å². The number of amides is 3. The Kier molecular flexibility index (Phi) is 8.26. The average Bonchev–Trinajstić information content (AvgIpc) is 2.63. The first-order valence-electron chi connectivity index (χ1n) is 9.37. The average molecular weight is 375 g/mol. The number of urea groups is 1. The molecule has 7 nitrogen and oxygen atoms in total.